The number of aryl methyl sites for hydroxylation is 2. The fourth-order valence-electron chi connectivity index (χ4n) is 2.22. The Morgan fingerprint density at radius 2 is 2.11 bits per heavy atom. The first-order valence-electron chi connectivity index (χ1n) is 6.47. The van der Waals surface area contributed by atoms with Gasteiger partial charge in [-0.3, -0.25) is 4.68 Å². The van der Waals surface area contributed by atoms with Gasteiger partial charge in [0.15, 0.2) is 0 Å². The van der Waals surface area contributed by atoms with E-state index in [9.17, 15) is 0 Å². The summed E-state index contributed by atoms with van der Waals surface area (Å²) in [5.74, 6) is 0. The van der Waals surface area contributed by atoms with E-state index in [1.54, 1.807) is 0 Å². The molecule has 0 radical (unpaired) electrons. The van der Waals surface area contributed by atoms with Gasteiger partial charge in [0, 0.05) is 35.9 Å². The van der Waals surface area contributed by atoms with Crippen molar-refractivity contribution in [1.29, 1.82) is 0 Å². The van der Waals surface area contributed by atoms with Crippen LogP contribution in [0.25, 0.3) is 0 Å². The molecule has 0 unspecified atom stereocenters. The number of halogens is 1. The minimum absolute atomic E-state index is 0.262. The second-order valence-electron chi connectivity index (χ2n) is 4.93. The summed E-state index contributed by atoms with van der Waals surface area (Å²) in [6.45, 7) is 7.11. The Morgan fingerprint density at radius 1 is 1.37 bits per heavy atom. The van der Waals surface area contributed by atoms with Crippen molar-refractivity contribution in [3.8, 4) is 0 Å². The van der Waals surface area contributed by atoms with Crippen LogP contribution in [0, 0.1) is 13.8 Å². The van der Waals surface area contributed by atoms with Crippen molar-refractivity contribution < 1.29 is 0 Å². The van der Waals surface area contributed by atoms with Crippen LogP contribution in [0.2, 0.25) is 5.02 Å². The Bertz CT molecular complexity index is 575. The molecule has 0 bridgehead atoms. The lowest BCUT2D eigenvalue weighted by molar-refractivity contribution is 0.571. The molecule has 4 heteroatoms. The summed E-state index contributed by atoms with van der Waals surface area (Å²) in [5.41, 5.74) is 4.78. The van der Waals surface area contributed by atoms with Crippen molar-refractivity contribution >= 4 is 11.6 Å². The Balaban J connectivity index is 2.06. The number of nitrogens with one attached hydrogen (secondary N) is 1. The second-order valence-corrected chi connectivity index (χ2v) is 5.37. The highest BCUT2D eigenvalue weighted by Gasteiger charge is 2.11. The van der Waals surface area contributed by atoms with Gasteiger partial charge in [0.25, 0.3) is 0 Å². The molecule has 1 heterocycles. The summed E-state index contributed by atoms with van der Waals surface area (Å²) in [6.07, 6.45) is 0. The molecule has 0 spiro atoms. The quantitative estimate of drug-likeness (QED) is 0.926. The minimum atomic E-state index is 0.262. The summed E-state index contributed by atoms with van der Waals surface area (Å²) in [5, 5.41) is 8.73. The van der Waals surface area contributed by atoms with E-state index in [-0.39, 0.29) is 6.04 Å². The molecular formula is C15H20ClN3. The van der Waals surface area contributed by atoms with Crippen LogP contribution in [0.4, 0.5) is 0 Å². The first-order valence-corrected chi connectivity index (χ1v) is 6.84. The zero-order valence-electron chi connectivity index (χ0n) is 11.9. The molecule has 2 aromatic rings. The van der Waals surface area contributed by atoms with Gasteiger partial charge in [-0.25, -0.2) is 0 Å². The number of benzene rings is 1. The smallest absolute Gasteiger partial charge is 0.0641 e. The number of hydrogen-bond acceptors (Lipinski definition) is 2. The summed E-state index contributed by atoms with van der Waals surface area (Å²) in [6, 6.07) is 8.23. The van der Waals surface area contributed by atoms with Crippen LogP contribution < -0.4 is 5.32 Å². The van der Waals surface area contributed by atoms with E-state index in [2.05, 4.69) is 30.3 Å². The Morgan fingerprint density at radius 3 is 2.68 bits per heavy atom. The predicted molar refractivity (Wildman–Crippen MR) is 79.4 cm³/mol. The SMILES string of the molecule is Cc1nn(C)c(C)c1CN[C@@H](C)c1cccc(Cl)c1. The zero-order chi connectivity index (χ0) is 14.0. The molecule has 0 saturated carbocycles. The van der Waals surface area contributed by atoms with Crippen LogP contribution in [0.5, 0.6) is 0 Å². The maximum Gasteiger partial charge on any atom is 0.0641 e. The molecule has 0 fully saturated rings. The molecule has 0 aliphatic rings. The zero-order valence-corrected chi connectivity index (χ0v) is 12.6. The standard InChI is InChI=1S/C15H20ClN3/c1-10(13-6-5-7-14(16)8-13)17-9-15-11(2)18-19(4)12(15)3/h5-8,10,17H,9H2,1-4H3/t10-/m0/s1. The highest BCUT2D eigenvalue weighted by Crippen LogP contribution is 2.19. The van der Waals surface area contributed by atoms with E-state index in [4.69, 9.17) is 11.6 Å². The van der Waals surface area contributed by atoms with Gasteiger partial charge in [0.2, 0.25) is 0 Å². The summed E-state index contributed by atoms with van der Waals surface area (Å²) < 4.78 is 1.93. The van der Waals surface area contributed by atoms with Gasteiger partial charge in [-0.15, -0.1) is 0 Å². The van der Waals surface area contributed by atoms with Crippen LogP contribution in [0.15, 0.2) is 24.3 Å². The normalized spacial score (nSPS) is 12.7. The predicted octanol–water partition coefficient (Wildman–Crippen LogP) is 3.54. The third-order valence-electron chi connectivity index (χ3n) is 3.59. The van der Waals surface area contributed by atoms with Gasteiger partial charge in [-0.1, -0.05) is 23.7 Å². The molecular weight excluding hydrogens is 258 g/mol. The summed E-state index contributed by atoms with van der Waals surface area (Å²) in [7, 11) is 1.98. The number of nitrogens with zero attached hydrogens (tertiary/aromatic N) is 2. The lowest BCUT2D eigenvalue weighted by atomic mass is 10.1. The molecule has 1 N–H and O–H groups in total. The van der Waals surface area contributed by atoms with Crippen LogP contribution in [0.3, 0.4) is 0 Å². The van der Waals surface area contributed by atoms with Crippen molar-refractivity contribution in [2.24, 2.45) is 7.05 Å². The summed E-state index contributed by atoms with van der Waals surface area (Å²) in [4.78, 5) is 0. The van der Waals surface area contributed by atoms with Crippen molar-refractivity contribution in [1.82, 2.24) is 15.1 Å². The van der Waals surface area contributed by atoms with E-state index in [0.717, 1.165) is 17.3 Å². The van der Waals surface area contributed by atoms with Crippen LogP contribution >= 0.6 is 11.6 Å². The maximum atomic E-state index is 6.02. The van der Waals surface area contributed by atoms with Crippen molar-refractivity contribution in [3.63, 3.8) is 0 Å². The fourth-order valence-corrected chi connectivity index (χ4v) is 2.42. The Kier molecular flexibility index (Phi) is 4.27. The molecule has 0 aliphatic heterocycles. The van der Waals surface area contributed by atoms with E-state index in [0.29, 0.717) is 0 Å². The first kappa shape index (κ1) is 14.1. The van der Waals surface area contributed by atoms with Gasteiger partial charge in [-0.2, -0.15) is 5.10 Å². The Labute approximate surface area is 119 Å². The van der Waals surface area contributed by atoms with Crippen molar-refractivity contribution in [3.05, 3.63) is 51.8 Å². The van der Waals surface area contributed by atoms with Gasteiger partial charge in [-0.05, 0) is 38.5 Å². The maximum absolute atomic E-state index is 6.02. The van der Waals surface area contributed by atoms with E-state index >= 15 is 0 Å². The second kappa shape index (κ2) is 5.76. The topological polar surface area (TPSA) is 29.9 Å². The molecule has 2 rings (SSSR count). The average molecular weight is 278 g/mol. The van der Waals surface area contributed by atoms with Gasteiger partial charge in [0.05, 0.1) is 5.69 Å². The lowest BCUT2D eigenvalue weighted by Gasteiger charge is -2.14. The highest BCUT2D eigenvalue weighted by molar-refractivity contribution is 6.30. The van der Waals surface area contributed by atoms with E-state index < -0.39 is 0 Å². The minimum Gasteiger partial charge on any atom is -0.306 e. The van der Waals surface area contributed by atoms with E-state index in [1.807, 2.05) is 36.9 Å². The van der Waals surface area contributed by atoms with Crippen LogP contribution in [0.1, 0.15) is 35.5 Å². The number of rotatable bonds is 4. The molecule has 0 saturated heterocycles. The lowest BCUT2D eigenvalue weighted by Crippen LogP contribution is -2.18. The monoisotopic (exact) mass is 277 g/mol. The van der Waals surface area contributed by atoms with Crippen molar-refractivity contribution in [2.45, 2.75) is 33.4 Å². The molecule has 1 atom stereocenters. The van der Waals surface area contributed by atoms with E-state index in [1.165, 1.54) is 16.8 Å². The molecule has 0 amide bonds. The van der Waals surface area contributed by atoms with Gasteiger partial charge >= 0.3 is 0 Å². The number of hydrogen-bond donors (Lipinski definition) is 1. The van der Waals surface area contributed by atoms with Crippen LogP contribution in [-0.4, -0.2) is 9.78 Å². The van der Waals surface area contributed by atoms with Crippen LogP contribution in [-0.2, 0) is 13.6 Å². The molecule has 1 aromatic carbocycles. The molecule has 3 nitrogen and oxygen atoms in total. The highest BCUT2D eigenvalue weighted by atomic mass is 35.5. The summed E-state index contributed by atoms with van der Waals surface area (Å²) >= 11 is 6.02. The van der Waals surface area contributed by atoms with Gasteiger partial charge in [0.1, 0.15) is 0 Å². The number of aromatic nitrogens is 2. The van der Waals surface area contributed by atoms with Gasteiger partial charge < -0.3 is 5.32 Å². The Hall–Kier alpha value is -1.32. The molecule has 0 aliphatic carbocycles. The fraction of sp³-hybridized carbons (Fsp3) is 0.400. The largest absolute Gasteiger partial charge is 0.306 e. The first-order chi connectivity index (χ1) is 8.99. The average Bonchev–Trinajstić information content (AvgIpc) is 2.61. The molecule has 102 valence electrons. The molecule has 1 aromatic heterocycles. The third kappa shape index (κ3) is 3.17. The van der Waals surface area contributed by atoms with Crippen molar-refractivity contribution in [2.75, 3.05) is 0 Å². The molecule has 19 heavy (non-hydrogen) atoms. The third-order valence-corrected chi connectivity index (χ3v) is 3.83.